The van der Waals surface area contributed by atoms with Crippen LogP contribution in [0.15, 0.2) is 71.2 Å². The van der Waals surface area contributed by atoms with Crippen LogP contribution in [-0.2, 0) is 7.05 Å². The quantitative estimate of drug-likeness (QED) is 0.350. The number of fused-ring (bicyclic) bond motifs is 1. The average Bonchev–Trinajstić information content (AvgIpc) is 3.48. The van der Waals surface area contributed by atoms with Gasteiger partial charge in [0.2, 0.25) is 0 Å². The van der Waals surface area contributed by atoms with Gasteiger partial charge in [-0.25, -0.2) is 5.10 Å². The number of aromatic nitrogens is 5. The predicted octanol–water partition coefficient (Wildman–Crippen LogP) is 5.05. The molecule has 0 aliphatic heterocycles. The second-order valence-electron chi connectivity index (χ2n) is 7.43. The summed E-state index contributed by atoms with van der Waals surface area (Å²) in [5.41, 5.74) is 4.70. The maximum Gasteiger partial charge on any atom is 0.272 e. The minimum Gasteiger partial charge on any atom is -0.496 e. The van der Waals surface area contributed by atoms with Crippen molar-refractivity contribution in [2.45, 2.75) is 0 Å². The van der Waals surface area contributed by atoms with Crippen LogP contribution in [0.4, 0.5) is 5.69 Å². The molecule has 5 rings (SSSR count). The molecule has 0 fully saturated rings. The number of methoxy groups -OCH3 is 1. The minimum atomic E-state index is -0.240. The van der Waals surface area contributed by atoms with Crippen LogP contribution in [-0.4, -0.2) is 38.2 Å². The SMILES string of the molecule is COc1ccccc1-c1cccc2cc(C(=O)Nc3ccc(Br)cc3-c3nnn[nH]3)n(C)c12. The molecule has 9 heteroatoms. The fourth-order valence-electron chi connectivity index (χ4n) is 4.00. The van der Waals surface area contributed by atoms with Crippen molar-refractivity contribution in [2.75, 3.05) is 12.4 Å². The number of halogens is 1. The maximum atomic E-state index is 13.4. The number of benzene rings is 3. The zero-order valence-corrected chi connectivity index (χ0v) is 19.4. The monoisotopic (exact) mass is 502 g/mol. The van der Waals surface area contributed by atoms with Crippen molar-refractivity contribution in [3.8, 4) is 28.3 Å². The molecule has 0 aliphatic carbocycles. The van der Waals surface area contributed by atoms with E-state index in [2.05, 4.69) is 41.9 Å². The Morgan fingerprint density at radius 1 is 1.03 bits per heavy atom. The predicted molar refractivity (Wildman–Crippen MR) is 130 cm³/mol. The van der Waals surface area contributed by atoms with E-state index in [9.17, 15) is 4.79 Å². The molecule has 0 saturated carbocycles. The summed E-state index contributed by atoms with van der Waals surface area (Å²) in [5, 5.41) is 18.0. The van der Waals surface area contributed by atoms with Crippen LogP contribution in [0.5, 0.6) is 5.75 Å². The van der Waals surface area contributed by atoms with Crippen molar-refractivity contribution in [3.05, 3.63) is 76.9 Å². The molecular formula is C24H19BrN6O2. The Balaban J connectivity index is 1.57. The number of hydrogen-bond acceptors (Lipinski definition) is 5. The largest absolute Gasteiger partial charge is 0.496 e. The van der Waals surface area contributed by atoms with Crippen molar-refractivity contribution in [1.82, 2.24) is 25.2 Å². The number of aromatic amines is 1. The first kappa shape index (κ1) is 20.9. The van der Waals surface area contributed by atoms with Gasteiger partial charge in [0.05, 0.1) is 18.3 Å². The number of tetrazole rings is 1. The summed E-state index contributed by atoms with van der Waals surface area (Å²) in [6.07, 6.45) is 0. The molecular weight excluding hydrogens is 484 g/mol. The zero-order valence-electron chi connectivity index (χ0n) is 17.8. The van der Waals surface area contributed by atoms with Crippen LogP contribution >= 0.6 is 15.9 Å². The molecule has 2 aromatic heterocycles. The fourth-order valence-corrected chi connectivity index (χ4v) is 4.36. The van der Waals surface area contributed by atoms with E-state index >= 15 is 0 Å². The van der Waals surface area contributed by atoms with Crippen molar-refractivity contribution < 1.29 is 9.53 Å². The number of carbonyl (C=O) groups is 1. The lowest BCUT2D eigenvalue weighted by Gasteiger charge is -2.13. The standard InChI is InChI=1S/C24H19BrN6O2/c1-31-20(24(32)26-19-11-10-15(25)13-18(19)23-27-29-30-28-23)12-14-6-5-8-17(22(14)31)16-7-3-4-9-21(16)33-2/h3-13H,1-2H3,(H,26,32)(H,27,28,29,30). The Hall–Kier alpha value is -3.98. The van der Waals surface area contributed by atoms with E-state index in [4.69, 9.17) is 4.74 Å². The molecule has 0 saturated heterocycles. The third-order valence-corrected chi connectivity index (χ3v) is 6.01. The molecule has 33 heavy (non-hydrogen) atoms. The number of rotatable bonds is 5. The summed E-state index contributed by atoms with van der Waals surface area (Å²) in [5.74, 6) is 0.996. The average molecular weight is 503 g/mol. The lowest BCUT2D eigenvalue weighted by atomic mass is 10.0. The van der Waals surface area contributed by atoms with E-state index in [1.54, 1.807) is 7.11 Å². The molecule has 3 aromatic carbocycles. The summed E-state index contributed by atoms with van der Waals surface area (Å²) in [7, 11) is 3.54. The summed E-state index contributed by atoms with van der Waals surface area (Å²) < 4.78 is 8.32. The number of para-hydroxylation sites is 2. The van der Waals surface area contributed by atoms with Gasteiger partial charge in [-0.05, 0) is 40.8 Å². The van der Waals surface area contributed by atoms with E-state index in [-0.39, 0.29) is 5.91 Å². The number of anilines is 1. The van der Waals surface area contributed by atoms with Crippen molar-refractivity contribution in [3.63, 3.8) is 0 Å². The van der Waals surface area contributed by atoms with Gasteiger partial charge < -0.3 is 14.6 Å². The van der Waals surface area contributed by atoms with Crippen LogP contribution in [0.3, 0.4) is 0 Å². The van der Waals surface area contributed by atoms with Gasteiger partial charge in [0.1, 0.15) is 11.4 Å². The van der Waals surface area contributed by atoms with Gasteiger partial charge in [0, 0.05) is 33.6 Å². The number of carbonyl (C=O) groups excluding carboxylic acids is 1. The lowest BCUT2D eigenvalue weighted by Crippen LogP contribution is -2.16. The first-order chi connectivity index (χ1) is 16.1. The van der Waals surface area contributed by atoms with Crippen LogP contribution in [0.25, 0.3) is 33.4 Å². The smallest absolute Gasteiger partial charge is 0.272 e. The van der Waals surface area contributed by atoms with Crippen LogP contribution in [0.1, 0.15) is 10.5 Å². The highest BCUT2D eigenvalue weighted by atomic mass is 79.9. The first-order valence-electron chi connectivity index (χ1n) is 10.1. The van der Waals surface area contributed by atoms with E-state index in [0.717, 1.165) is 32.3 Å². The Labute approximate surface area is 197 Å². The second-order valence-corrected chi connectivity index (χ2v) is 8.34. The second kappa shape index (κ2) is 8.51. The summed E-state index contributed by atoms with van der Waals surface area (Å²) in [4.78, 5) is 13.4. The molecule has 5 aromatic rings. The van der Waals surface area contributed by atoms with Gasteiger partial charge in [0.15, 0.2) is 5.82 Å². The van der Waals surface area contributed by atoms with Gasteiger partial charge in [-0.15, -0.1) is 5.10 Å². The van der Waals surface area contributed by atoms with Crippen molar-refractivity contribution >= 4 is 38.4 Å². The molecule has 1 amide bonds. The van der Waals surface area contributed by atoms with E-state index in [1.165, 1.54) is 0 Å². The number of H-pyrrole nitrogens is 1. The Morgan fingerprint density at radius 2 is 1.85 bits per heavy atom. The zero-order chi connectivity index (χ0) is 22.9. The van der Waals surface area contributed by atoms with Crippen molar-refractivity contribution in [1.29, 1.82) is 0 Å². The topological polar surface area (TPSA) is 97.7 Å². The molecule has 0 bridgehead atoms. The third kappa shape index (κ3) is 3.76. The number of ether oxygens (including phenoxy) is 1. The Kier molecular flexibility index (Phi) is 5.39. The van der Waals surface area contributed by atoms with E-state index < -0.39 is 0 Å². The Morgan fingerprint density at radius 3 is 2.64 bits per heavy atom. The van der Waals surface area contributed by atoms with Gasteiger partial charge in [-0.1, -0.05) is 52.3 Å². The molecule has 0 radical (unpaired) electrons. The molecule has 164 valence electrons. The van der Waals surface area contributed by atoms with Gasteiger partial charge in [-0.3, -0.25) is 4.79 Å². The number of hydrogen-bond donors (Lipinski definition) is 2. The molecule has 0 aliphatic rings. The van der Waals surface area contributed by atoms with Crippen LogP contribution < -0.4 is 10.1 Å². The number of amides is 1. The Bertz CT molecular complexity index is 1480. The summed E-state index contributed by atoms with van der Waals surface area (Å²) in [6.45, 7) is 0. The number of nitrogens with zero attached hydrogens (tertiary/aromatic N) is 4. The van der Waals surface area contributed by atoms with E-state index in [0.29, 0.717) is 22.8 Å². The normalized spacial score (nSPS) is 11.0. The molecule has 0 atom stereocenters. The third-order valence-electron chi connectivity index (χ3n) is 5.52. The van der Waals surface area contributed by atoms with Gasteiger partial charge >= 0.3 is 0 Å². The van der Waals surface area contributed by atoms with Crippen LogP contribution in [0, 0.1) is 0 Å². The summed E-state index contributed by atoms with van der Waals surface area (Å²) >= 11 is 3.46. The number of nitrogens with one attached hydrogen (secondary N) is 2. The van der Waals surface area contributed by atoms with Gasteiger partial charge in [0.25, 0.3) is 5.91 Å². The highest BCUT2D eigenvalue weighted by molar-refractivity contribution is 9.10. The molecule has 2 N–H and O–H groups in total. The first-order valence-corrected chi connectivity index (χ1v) is 10.9. The van der Waals surface area contributed by atoms with Crippen LogP contribution in [0.2, 0.25) is 0 Å². The van der Waals surface area contributed by atoms with Gasteiger partial charge in [-0.2, -0.15) is 0 Å². The van der Waals surface area contributed by atoms with E-state index in [1.807, 2.05) is 78.3 Å². The molecule has 0 spiro atoms. The summed E-state index contributed by atoms with van der Waals surface area (Å²) in [6, 6.07) is 21.3. The van der Waals surface area contributed by atoms with Crippen molar-refractivity contribution in [2.24, 2.45) is 7.05 Å². The lowest BCUT2D eigenvalue weighted by molar-refractivity contribution is 0.102. The molecule has 2 heterocycles. The highest BCUT2D eigenvalue weighted by Gasteiger charge is 2.19. The fraction of sp³-hybridized carbons (Fsp3) is 0.0833. The molecule has 8 nitrogen and oxygen atoms in total. The molecule has 0 unspecified atom stereocenters. The maximum absolute atomic E-state index is 13.4. The number of aryl methyl sites for hydroxylation is 1. The minimum absolute atomic E-state index is 0.240. The highest BCUT2D eigenvalue weighted by Crippen LogP contribution is 2.36.